The molecular formula is C29H43NO6. The van der Waals surface area contributed by atoms with Crippen LogP contribution in [0.1, 0.15) is 81.6 Å². The van der Waals surface area contributed by atoms with Crippen LogP contribution < -0.4 is 14.8 Å². The third-order valence-corrected chi connectivity index (χ3v) is 4.54. The largest absolute Gasteiger partial charge is 0.493 e. The van der Waals surface area contributed by atoms with Crippen LogP contribution in [0.15, 0.2) is 12.1 Å². The Morgan fingerprint density at radius 1 is 0.944 bits per heavy atom. The fraction of sp³-hybridized carbons (Fsp3) is 0.586. The van der Waals surface area contributed by atoms with E-state index in [0.29, 0.717) is 62.5 Å². The molecule has 0 aromatic heterocycles. The van der Waals surface area contributed by atoms with Crippen molar-refractivity contribution in [3.05, 3.63) is 23.3 Å². The minimum absolute atomic E-state index is 0.438. The van der Waals surface area contributed by atoms with E-state index < -0.39 is 11.7 Å². The molecule has 0 unspecified atom stereocenters. The number of methoxy groups -OCH3 is 1. The lowest BCUT2D eigenvalue weighted by Gasteiger charge is -2.20. The Bertz CT molecular complexity index is 800. The molecule has 0 spiro atoms. The monoisotopic (exact) mass is 501 g/mol. The average molecular weight is 502 g/mol. The number of carbonyl (C=O) groups is 2. The molecule has 200 valence electrons. The second-order valence-electron chi connectivity index (χ2n) is 9.07. The van der Waals surface area contributed by atoms with Gasteiger partial charge in [0.05, 0.1) is 13.2 Å². The number of hydrogen-bond acceptors (Lipinski definition) is 6. The maximum Gasteiger partial charge on any atom is 0.407 e. The highest BCUT2D eigenvalue weighted by Gasteiger charge is 2.17. The lowest BCUT2D eigenvalue weighted by Crippen LogP contribution is -2.33. The van der Waals surface area contributed by atoms with E-state index >= 15 is 0 Å². The molecule has 0 aliphatic rings. The van der Waals surface area contributed by atoms with Gasteiger partial charge < -0.3 is 24.3 Å². The zero-order valence-electron chi connectivity index (χ0n) is 22.6. The zero-order chi connectivity index (χ0) is 27.2. The van der Waals surface area contributed by atoms with Gasteiger partial charge >= 0.3 is 6.09 Å². The molecule has 0 saturated heterocycles. The number of aldehydes is 1. The molecule has 0 atom stereocenters. The normalized spacial score (nSPS) is 10.2. The van der Waals surface area contributed by atoms with E-state index in [2.05, 4.69) is 21.9 Å². The smallest absolute Gasteiger partial charge is 0.407 e. The van der Waals surface area contributed by atoms with E-state index in [1.54, 1.807) is 26.4 Å². The Labute approximate surface area is 217 Å². The van der Waals surface area contributed by atoms with Gasteiger partial charge in [-0.25, -0.2) is 4.79 Å². The van der Waals surface area contributed by atoms with Crippen molar-refractivity contribution in [1.82, 2.24) is 5.32 Å². The second kappa shape index (κ2) is 20.1. The van der Waals surface area contributed by atoms with E-state index in [1.165, 1.54) is 0 Å². The molecule has 0 heterocycles. The van der Waals surface area contributed by atoms with Crippen molar-refractivity contribution in [3.63, 3.8) is 0 Å². The number of hydrogen-bond donors (Lipinski definition) is 1. The number of terminal acetylenes is 2. The fourth-order valence-electron chi connectivity index (χ4n) is 3.00. The first kappa shape index (κ1) is 32.8. The average Bonchev–Trinajstić information content (AvgIpc) is 2.81. The molecule has 36 heavy (non-hydrogen) atoms. The van der Waals surface area contributed by atoms with E-state index in [-0.39, 0.29) is 0 Å². The summed E-state index contributed by atoms with van der Waals surface area (Å²) in [6.45, 7) is 6.89. The first-order valence-electron chi connectivity index (χ1n) is 12.3. The lowest BCUT2D eigenvalue weighted by molar-refractivity contribution is 0.0527. The fourth-order valence-corrected chi connectivity index (χ4v) is 3.00. The highest BCUT2D eigenvalue weighted by Crippen LogP contribution is 2.32. The predicted molar refractivity (Wildman–Crippen MR) is 144 cm³/mol. The summed E-state index contributed by atoms with van der Waals surface area (Å²) < 4.78 is 21.5. The summed E-state index contributed by atoms with van der Waals surface area (Å²) in [5.74, 6) is 6.49. The highest BCUT2D eigenvalue weighted by atomic mass is 16.6. The first-order valence-corrected chi connectivity index (χ1v) is 12.3. The lowest BCUT2D eigenvalue weighted by atomic mass is 10.0. The molecular weight excluding hydrogens is 458 g/mol. The predicted octanol–water partition coefficient (Wildman–Crippen LogP) is 5.58. The molecule has 0 fully saturated rings. The standard InChI is InChI=1S/C27H37NO5.C2H6O/c1-6-8-10-12-17-31-24-19-22(21-29)20-25(32-18-13-11-9-7-2)23(24)15-14-16-28-26(30)33-27(3,4)5;1-3-2/h1-2,19-21H,8-18H2,3-5H3,(H,28,30);1-2H3. The Kier molecular flexibility index (Phi) is 18.3. The molecule has 1 aromatic rings. The minimum atomic E-state index is -0.546. The number of ether oxygens (including phenoxy) is 4. The molecule has 1 amide bonds. The molecule has 7 nitrogen and oxygen atoms in total. The molecule has 1 rings (SSSR count). The van der Waals surface area contributed by atoms with Crippen molar-refractivity contribution in [2.45, 2.75) is 77.7 Å². The summed E-state index contributed by atoms with van der Waals surface area (Å²) in [6, 6.07) is 3.46. The van der Waals surface area contributed by atoms with Gasteiger partial charge in [-0.3, -0.25) is 4.79 Å². The van der Waals surface area contributed by atoms with Crippen LogP contribution in [0.4, 0.5) is 4.79 Å². The highest BCUT2D eigenvalue weighted by molar-refractivity contribution is 5.77. The van der Waals surface area contributed by atoms with Gasteiger partial charge in [0.25, 0.3) is 0 Å². The molecule has 1 N–H and O–H groups in total. The van der Waals surface area contributed by atoms with Gasteiger partial charge in [0, 0.05) is 44.7 Å². The summed E-state index contributed by atoms with van der Waals surface area (Å²) in [4.78, 5) is 23.4. The number of carbonyl (C=O) groups excluding carboxylic acids is 2. The number of rotatable bonds is 15. The Balaban J connectivity index is 0.00000387. The number of unbranched alkanes of at least 4 members (excludes halogenated alkanes) is 4. The van der Waals surface area contributed by atoms with Gasteiger partial charge in [0.15, 0.2) is 0 Å². The van der Waals surface area contributed by atoms with Gasteiger partial charge in [-0.15, -0.1) is 24.7 Å². The SMILES string of the molecule is C#CCCCCOc1cc(C=O)cc(OCCCCC#C)c1CCCNC(=O)OC(C)(C)C.COC. The van der Waals surface area contributed by atoms with E-state index in [1.807, 2.05) is 20.8 Å². The van der Waals surface area contributed by atoms with Crippen molar-refractivity contribution in [2.24, 2.45) is 0 Å². The summed E-state index contributed by atoms with van der Waals surface area (Å²) in [5, 5.41) is 2.77. The van der Waals surface area contributed by atoms with Crippen LogP contribution in [-0.2, 0) is 15.9 Å². The second-order valence-corrected chi connectivity index (χ2v) is 9.07. The first-order chi connectivity index (χ1) is 17.2. The summed E-state index contributed by atoms with van der Waals surface area (Å²) in [6.07, 6.45) is 17.0. The summed E-state index contributed by atoms with van der Waals surface area (Å²) in [5.41, 5.74) is 0.818. The third-order valence-electron chi connectivity index (χ3n) is 4.54. The van der Waals surface area contributed by atoms with Crippen LogP contribution in [0.3, 0.4) is 0 Å². The van der Waals surface area contributed by atoms with Crippen LogP contribution in [-0.4, -0.2) is 52.0 Å². The molecule has 0 bridgehead atoms. The van der Waals surface area contributed by atoms with Gasteiger partial charge in [-0.2, -0.15) is 0 Å². The van der Waals surface area contributed by atoms with Gasteiger partial charge in [0.2, 0.25) is 0 Å². The molecule has 7 heteroatoms. The van der Waals surface area contributed by atoms with E-state index in [4.69, 9.17) is 27.1 Å². The third kappa shape index (κ3) is 16.5. The van der Waals surface area contributed by atoms with E-state index in [9.17, 15) is 9.59 Å². The number of amides is 1. The number of alkyl carbamates (subject to hydrolysis) is 1. The molecule has 0 radical (unpaired) electrons. The number of benzene rings is 1. The maximum absolute atomic E-state index is 11.9. The van der Waals surface area contributed by atoms with Gasteiger partial charge in [0.1, 0.15) is 23.4 Å². The minimum Gasteiger partial charge on any atom is -0.493 e. The van der Waals surface area contributed by atoms with Crippen LogP contribution in [0.2, 0.25) is 0 Å². The van der Waals surface area contributed by atoms with Crippen LogP contribution in [0.25, 0.3) is 0 Å². The Morgan fingerprint density at radius 2 is 1.44 bits per heavy atom. The van der Waals surface area contributed by atoms with Crippen LogP contribution in [0, 0.1) is 24.7 Å². The van der Waals surface area contributed by atoms with Crippen LogP contribution >= 0.6 is 0 Å². The van der Waals surface area contributed by atoms with Gasteiger partial charge in [-0.05, 0) is 71.4 Å². The molecule has 0 aliphatic heterocycles. The maximum atomic E-state index is 11.9. The van der Waals surface area contributed by atoms with Crippen molar-refractivity contribution < 1.29 is 28.5 Å². The molecule has 0 aliphatic carbocycles. The van der Waals surface area contributed by atoms with Gasteiger partial charge in [-0.1, -0.05) is 0 Å². The van der Waals surface area contributed by atoms with Crippen molar-refractivity contribution in [3.8, 4) is 36.2 Å². The van der Waals surface area contributed by atoms with E-state index in [0.717, 1.165) is 37.5 Å². The Hall–Kier alpha value is -3.16. The van der Waals surface area contributed by atoms with Crippen molar-refractivity contribution in [1.29, 1.82) is 0 Å². The molecule has 1 aromatic carbocycles. The summed E-state index contributed by atoms with van der Waals surface area (Å²) in [7, 11) is 3.25. The van der Waals surface area contributed by atoms with Crippen molar-refractivity contribution >= 4 is 12.4 Å². The summed E-state index contributed by atoms with van der Waals surface area (Å²) >= 11 is 0. The number of nitrogens with one attached hydrogen (secondary N) is 1. The van der Waals surface area contributed by atoms with Crippen LogP contribution in [0.5, 0.6) is 11.5 Å². The van der Waals surface area contributed by atoms with Crippen molar-refractivity contribution in [2.75, 3.05) is 34.0 Å². The quantitative estimate of drug-likeness (QED) is 0.192. The molecule has 0 saturated carbocycles. The topological polar surface area (TPSA) is 83.1 Å². The Morgan fingerprint density at radius 3 is 1.86 bits per heavy atom. The zero-order valence-corrected chi connectivity index (χ0v) is 22.6.